The average Bonchev–Trinajstić information content (AvgIpc) is 3.23. The van der Waals surface area contributed by atoms with Crippen molar-refractivity contribution >= 4 is 11.3 Å². The lowest BCUT2D eigenvalue weighted by Gasteiger charge is -2.28. The number of halogens is 2. The van der Waals surface area contributed by atoms with E-state index >= 15 is 0 Å². The molecule has 1 saturated carbocycles. The predicted molar refractivity (Wildman–Crippen MR) is 106 cm³/mol. The first-order valence-corrected chi connectivity index (χ1v) is 10.8. The van der Waals surface area contributed by atoms with E-state index in [1.807, 2.05) is 11.3 Å². The number of thiophene rings is 1. The van der Waals surface area contributed by atoms with Crippen LogP contribution in [0.3, 0.4) is 0 Å². The van der Waals surface area contributed by atoms with Gasteiger partial charge in [0.2, 0.25) is 11.6 Å². The van der Waals surface area contributed by atoms with Crippen LogP contribution in [0.1, 0.15) is 62.7 Å². The SMILES string of the molecule is CCCCCOc1ccc(OCC2CCC(c3cccs3)CC2)c(F)c1F. The predicted octanol–water partition coefficient (Wildman–Crippen LogP) is 6.95. The van der Waals surface area contributed by atoms with Crippen LogP contribution in [0.15, 0.2) is 29.6 Å². The molecule has 27 heavy (non-hydrogen) atoms. The lowest BCUT2D eigenvalue weighted by Crippen LogP contribution is -2.19. The van der Waals surface area contributed by atoms with E-state index in [0.29, 0.717) is 25.0 Å². The minimum absolute atomic E-state index is 0.0196. The fraction of sp³-hybridized carbons (Fsp3) is 0.545. The molecule has 1 fully saturated rings. The van der Waals surface area contributed by atoms with E-state index < -0.39 is 11.6 Å². The highest BCUT2D eigenvalue weighted by molar-refractivity contribution is 7.10. The van der Waals surface area contributed by atoms with Gasteiger partial charge in [-0.3, -0.25) is 0 Å². The molecule has 3 rings (SSSR count). The fourth-order valence-electron chi connectivity index (χ4n) is 3.62. The van der Waals surface area contributed by atoms with E-state index in [-0.39, 0.29) is 11.5 Å². The van der Waals surface area contributed by atoms with E-state index in [1.54, 1.807) is 0 Å². The summed E-state index contributed by atoms with van der Waals surface area (Å²) in [4.78, 5) is 1.46. The lowest BCUT2D eigenvalue weighted by molar-refractivity contribution is 0.192. The Labute approximate surface area is 164 Å². The van der Waals surface area contributed by atoms with Gasteiger partial charge in [-0.15, -0.1) is 11.3 Å². The first-order chi connectivity index (χ1) is 13.2. The van der Waals surface area contributed by atoms with Gasteiger partial charge < -0.3 is 9.47 Å². The molecule has 1 aromatic heterocycles. The third-order valence-corrected chi connectivity index (χ3v) is 6.32. The molecule has 2 aromatic rings. The molecule has 0 atom stereocenters. The van der Waals surface area contributed by atoms with Crippen LogP contribution in [0, 0.1) is 17.6 Å². The van der Waals surface area contributed by atoms with Crippen molar-refractivity contribution in [2.45, 2.75) is 57.8 Å². The first-order valence-electron chi connectivity index (χ1n) is 9.96. The van der Waals surface area contributed by atoms with E-state index in [9.17, 15) is 8.78 Å². The molecule has 148 valence electrons. The molecule has 0 saturated heterocycles. The zero-order chi connectivity index (χ0) is 19.1. The number of unbranched alkanes of at least 4 members (excludes halogenated alkanes) is 2. The number of hydrogen-bond acceptors (Lipinski definition) is 3. The van der Waals surface area contributed by atoms with Crippen LogP contribution >= 0.6 is 11.3 Å². The van der Waals surface area contributed by atoms with E-state index in [0.717, 1.165) is 44.9 Å². The quantitative estimate of drug-likeness (QED) is 0.429. The average molecular weight is 395 g/mol. The Morgan fingerprint density at radius 1 is 0.963 bits per heavy atom. The van der Waals surface area contributed by atoms with Gasteiger partial charge >= 0.3 is 0 Å². The van der Waals surface area contributed by atoms with Crippen molar-refractivity contribution in [3.05, 3.63) is 46.2 Å². The van der Waals surface area contributed by atoms with Crippen LogP contribution < -0.4 is 9.47 Å². The number of benzene rings is 1. The Morgan fingerprint density at radius 2 is 1.67 bits per heavy atom. The molecule has 5 heteroatoms. The van der Waals surface area contributed by atoms with E-state index in [4.69, 9.17) is 9.47 Å². The van der Waals surface area contributed by atoms with Gasteiger partial charge in [-0.1, -0.05) is 25.8 Å². The normalized spacial score (nSPS) is 19.8. The highest BCUT2D eigenvalue weighted by atomic mass is 32.1. The minimum atomic E-state index is -0.953. The van der Waals surface area contributed by atoms with E-state index in [1.165, 1.54) is 17.0 Å². The third-order valence-electron chi connectivity index (χ3n) is 5.28. The summed E-state index contributed by atoms with van der Waals surface area (Å²) >= 11 is 1.82. The van der Waals surface area contributed by atoms with Crippen molar-refractivity contribution in [2.24, 2.45) is 5.92 Å². The Morgan fingerprint density at radius 3 is 2.30 bits per heavy atom. The molecule has 1 aliphatic rings. The number of rotatable bonds is 9. The summed E-state index contributed by atoms with van der Waals surface area (Å²) in [6, 6.07) is 7.25. The molecular formula is C22H28F2O2S. The summed E-state index contributed by atoms with van der Waals surface area (Å²) in [7, 11) is 0. The highest BCUT2D eigenvalue weighted by Crippen LogP contribution is 2.38. The van der Waals surface area contributed by atoms with Gasteiger partial charge in [-0.2, -0.15) is 8.78 Å². The second-order valence-corrected chi connectivity index (χ2v) is 8.27. The smallest absolute Gasteiger partial charge is 0.204 e. The van der Waals surface area contributed by atoms with Crippen molar-refractivity contribution in [1.29, 1.82) is 0 Å². The Bertz CT molecular complexity index is 695. The molecule has 0 spiro atoms. The number of ether oxygens (including phenoxy) is 2. The maximum atomic E-state index is 14.3. The first kappa shape index (κ1) is 20.1. The van der Waals surface area contributed by atoms with Gasteiger partial charge in [0.05, 0.1) is 13.2 Å². The summed E-state index contributed by atoms with van der Waals surface area (Å²) in [5.74, 6) is -0.921. The highest BCUT2D eigenvalue weighted by Gasteiger charge is 2.24. The van der Waals surface area contributed by atoms with Crippen molar-refractivity contribution in [3.63, 3.8) is 0 Å². The van der Waals surface area contributed by atoms with Crippen molar-refractivity contribution in [1.82, 2.24) is 0 Å². The maximum Gasteiger partial charge on any atom is 0.204 e. The second kappa shape index (κ2) is 10.1. The molecule has 0 unspecified atom stereocenters. The van der Waals surface area contributed by atoms with Crippen molar-refractivity contribution < 1.29 is 18.3 Å². The van der Waals surface area contributed by atoms with Crippen LogP contribution in [0.5, 0.6) is 11.5 Å². The summed E-state index contributed by atoms with van der Waals surface area (Å²) in [5, 5.41) is 2.12. The Hall–Kier alpha value is -1.62. The van der Waals surface area contributed by atoms with Crippen LogP contribution in [-0.4, -0.2) is 13.2 Å². The number of hydrogen-bond donors (Lipinski definition) is 0. The Kier molecular flexibility index (Phi) is 7.50. The molecule has 0 amide bonds. The van der Waals surface area contributed by atoms with Gasteiger partial charge in [0.15, 0.2) is 11.5 Å². The molecule has 1 aromatic carbocycles. The van der Waals surface area contributed by atoms with Gasteiger partial charge in [-0.25, -0.2) is 0 Å². The standard InChI is InChI=1S/C22H28F2O2S/c1-2-3-4-13-25-18-11-12-19(22(24)21(18)23)26-15-16-7-9-17(10-8-16)20-6-5-14-27-20/h5-6,11-12,14,16-17H,2-4,7-10,13,15H2,1H3. The fourth-order valence-corrected chi connectivity index (χ4v) is 4.52. The lowest BCUT2D eigenvalue weighted by atomic mass is 9.82. The van der Waals surface area contributed by atoms with Crippen LogP contribution in [0.25, 0.3) is 0 Å². The second-order valence-electron chi connectivity index (χ2n) is 7.29. The van der Waals surface area contributed by atoms with E-state index in [2.05, 4.69) is 24.4 Å². The van der Waals surface area contributed by atoms with Crippen LogP contribution in [0.2, 0.25) is 0 Å². The van der Waals surface area contributed by atoms with Gasteiger partial charge in [0.1, 0.15) is 0 Å². The maximum absolute atomic E-state index is 14.3. The summed E-state index contributed by atoms with van der Waals surface area (Å²) < 4.78 is 39.4. The van der Waals surface area contributed by atoms with Crippen LogP contribution in [0.4, 0.5) is 8.78 Å². The van der Waals surface area contributed by atoms with Crippen molar-refractivity contribution in [3.8, 4) is 11.5 Å². The monoisotopic (exact) mass is 394 g/mol. The van der Waals surface area contributed by atoms with Crippen LogP contribution in [-0.2, 0) is 0 Å². The molecule has 1 aliphatic carbocycles. The largest absolute Gasteiger partial charge is 0.490 e. The van der Waals surface area contributed by atoms with Gasteiger partial charge in [0, 0.05) is 4.88 Å². The minimum Gasteiger partial charge on any atom is -0.490 e. The third kappa shape index (κ3) is 5.44. The summed E-state index contributed by atoms with van der Waals surface area (Å²) in [6.07, 6.45) is 7.30. The summed E-state index contributed by atoms with van der Waals surface area (Å²) in [5.41, 5.74) is 0. The molecule has 0 radical (unpaired) electrons. The molecule has 1 heterocycles. The molecular weight excluding hydrogens is 366 g/mol. The van der Waals surface area contributed by atoms with Gasteiger partial charge in [-0.05, 0) is 67.5 Å². The molecule has 2 nitrogen and oxygen atoms in total. The zero-order valence-corrected chi connectivity index (χ0v) is 16.7. The molecule has 0 N–H and O–H groups in total. The Balaban J connectivity index is 1.47. The molecule has 0 bridgehead atoms. The van der Waals surface area contributed by atoms with Crippen molar-refractivity contribution in [2.75, 3.05) is 13.2 Å². The topological polar surface area (TPSA) is 18.5 Å². The molecule has 0 aliphatic heterocycles. The van der Waals surface area contributed by atoms with Gasteiger partial charge in [0.25, 0.3) is 0 Å². The summed E-state index contributed by atoms with van der Waals surface area (Å²) in [6.45, 7) is 2.92. The zero-order valence-electron chi connectivity index (χ0n) is 15.9.